The summed E-state index contributed by atoms with van der Waals surface area (Å²) in [6.45, 7) is 5.75. The van der Waals surface area contributed by atoms with Crippen LogP contribution in [0.2, 0.25) is 0 Å². The molecule has 0 aliphatic carbocycles. The Hall–Kier alpha value is -0.940. The Morgan fingerprint density at radius 3 is 2.45 bits per heavy atom. The van der Waals surface area contributed by atoms with E-state index < -0.39 is 14.6 Å². The largest absolute Gasteiger partial charge is 0.319 e. The fourth-order valence-corrected chi connectivity index (χ4v) is 3.20. The molecule has 1 aromatic rings. The Morgan fingerprint density at radius 2 is 1.95 bits per heavy atom. The van der Waals surface area contributed by atoms with Gasteiger partial charge in [-0.2, -0.15) is 0 Å². The number of likely N-dealkylation sites (N-methyl/N-ethyl adjacent to an activating group) is 1. The molecule has 0 aliphatic rings. The number of sulfone groups is 1. The molecule has 1 N–H and O–H groups in total. The minimum Gasteiger partial charge on any atom is -0.319 e. The number of benzene rings is 1. The first kappa shape index (κ1) is 17.1. The molecule has 0 bridgehead atoms. The van der Waals surface area contributed by atoms with Crippen LogP contribution < -0.4 is 5.32 Å². The summed E-state index contributed by atoms with van der Waals surface area (Å²) in [7, 11) is -1.34. The maximum absolute atomic E-state index is 13.3. The lowest BCUT2D eigenvalue weighted by molar-refractivity contribution is 0.545. The molecule has 0 amide bonds. The van der Waals surface area contributed by atoms with E-state index in [0.29, 0.717) is 13.0 Å². The molecule has 0 saturated carbocycles. The first-order valence-corrected chi connectivity index (χ1v) is 8.45. The van der Waals surface area contributed by atoms with Gasteiger partial charge in [0.05, 0.1) is 10.5 Å². The van der Waals surface area contributed by atoms with Crippen molar-refractivity contribution in [3.63, 3.8) is 0 Å². The van der Waals surface area contributed by atoms with E-state index in [2.05, 4.69) is 5.32 Å². The molecule has 5 heteroatoms. The average Bonchev–Trinajstić information content (AvgIpc) is 2.33. The van der Waals surface area contributed by atoms with Gasteiger partial charge in [0.15, 0.2) is 9.84 Å². The van der Waals surface area contributed by atoms with Gasteiger partial charge in [0.2, 0.25) is 0 Å². The first-order chi connectivity index (χ1) is 9.17. The van der Waals surface area contributed by atoms with Crippen LogP contribution in [-0.4, -0.2) is 32.5 Å². The predicted molar refractivity (Wildman–Crippen MR) is 81.2 cm³/mol. The number of nitrogens with one attached hydrogen (secondary N) is 1. The van der Waals surface area contributed by atoms with Gasteiger partial charge in [-0.05, 0) is 57.9 Å². The number of halogens is 1. The van der Waals surface area contributed by atoms with Gasteiger partial charge in [-0.1, -0.05) is 12.1 Å². The van der Waals surface area contributed by atoms with Crippen molar-refractivity contribution >= 4 is 9.84 Å². The molecule has 1 rings (SSSR count). The van der Waals surface area contributed by atoms with Gasteiger partial charge in [-0.15, -0.1) is 0 Å². The van der Waals surface area contributed by atoms with E-state index >= 15 is 0 Å². The van der Waals surface area contributed by atoms with Gasteiger partial charge < -0.3 is 5.32 Å². The van der Waals surface area contributed by atoms with Gasteiger partial charge in [0.25, 0.3) is 0 Å². The molecule has 0 saturated heterocycles. The zero-order valence-electron chi connectivity index (χ0n) is 12.6. The van der Waals surface area contributed by atoms with Crippen LogP contribution in [0.25, 0.3) is 0 Å². The molecule has 1 unspecified atom stereocenters. The molecule has 0 radical (unpaired) electrons. The summed E-state index contributed by atoms with van der Waals surface area (Å²) in [4.78, 5) is 0. The van der Waals surface area contributed by atoms with E-state index in [1.54, 1.807) is 26.8 Å². The lowest BCUT2D eigenvalue weighted by atomic mass is 9.96. The summed E-state index contributed by atoms with van der Waals surface area (Å²) in [6.07, 6.45) is 0.490. The van der Waals surface area contributed by atoms with Crippen molar-refractivity contribution in [1.82, 2.24) is 5.32 Å². The van der Waals surface area contributed by atoms with Crippen LogP contribution in [0.3, 0.4) is 0 Å². The van der Waals surface area contributed by atoms with E-state index in [4.69, 9.17) is 0 Å². The summed E-state index contributed by atoms with van der Waals surface area (Å²) < 4.78 is 36.9. The smallest absolute Gasteiger partial charge is 0.155 e. The second-order valence-corrected chi connectivity index (χ2v) is 8.89. The summed E-state index contributed by atoms with van der Waals surface area (Å²) >= 11 is 0. The van der Waals surface area contributed by atoms with Crippen LogP contribution in [0.1, 0.15) is 38.7 Å². The molecule has 1 atom stereocenters. The average molecular weight is 301 g/mol. The highest BCUT2D eigenvalue weighted by atomic mass is 32.2. The highest BCUT2D eigenvalue weighted by molar-refractivity contribution is 7.92. The summed E-state index contributed by atoms with van der Waals surface area (Å²) in [5.74, 6) is -0.186. The molecule has 1 aromatic carbocycles. The standard InChI is InChI=1S/C15H24FNO2S/c1-15(2,3)20(18,19)9-8-13(11-17-4)12-6-5-7-14(16)10-12/h5-7,10,13,17H,8-9,11H2,1-4H3. The Kier molecular flexibility index (Phi) is 5.71. The highest BCUT2D eigenvalue weighted by Crippen LogP contribution is 2.24. The van der Waals surface area contributed by atoms with Crippen LogP contribution in [-0.2, 0) is 9.84 Å². The van der Waals surface area contributed by atoms with Gasteiger partial charge in [0, 0.05) is 6.54 Å². The molecule has 114 valence electrons. The fourth-order valence-electron chi connectivity index (χ4n) is 2.00. The van der Waals surface area contributed by atoms with E-state index in [9.17, 15) is 12.8 Å². The molecule has 0 aliphatic heterocycles. The Morgan fingerprint density at radius 1 is 1.30 bits per heavy atom. The molecular weight excluding hydrogens is 277 g/mol. The van der Waals surface area contributed by atoms with Crippen molar-refractivity contribution in [3.8, 4) is 0 Å². The fraction of sp³-hybridized carbons (Fsp3) is 0.600. The number of hydrogen-bond donors (Lipinski definition) is 1. The van der Waals surface area contributed by atoms with Gasteiger partial charge in [-0.25, -0.2) is 12.8 Å². The van der Waals surface area contributed by atoms with Crippen molar-refractivity contribution in [3.05, 3.63) is 35.6 Å². The number of hydrogen-bond acceptors (Lipinski definition) is 3. The lowest BCUT2D eigenvalue weighted by Crippen LogP contribution is -2.31. The van der Waals surface area contributed by atoms with E-state index in [0.717, 1.165) is 5.56 Å². The van der Waals surface area contributed by atoms with Crippen LogP contribution >= 0.6 is 0 Å². The van der Waals surface area contributed by atoms with Gasteiger partial charge in [-0.3, -0.25) is 0 Å². The highest BCUT2D eigenvalue weighted by Gasteiger charge is 2.29. The molecule has 20 heavy (non-hydrogen) atoms. The predicted octanol–water partition coefficient (Wildman–Crippen LogP) is 2.73. The van der Waals surface area contributed by atoms with Crippen molar-refractivity contribution in [2.75, 3.05) is 19.3 Å². The third-order valence-electron chi connectivity index (χ3n) is 3.44. The monoisotopic (exact) mass is 301 g/mol. The zero-order chi connectivity index (χ0) is 15.4. The Balaban J connectivity index is 2.84. The van der Waals surface area contributed by atoms with Crippen LogP contribution in [0.5, 0.6) is 0 Å². The molecular formula is C15H24FNO2S. The minimum atomic E-state index is -3.15. The quantitative estimate of drug-likeness (QED) is 0.879. The van der Waals surface area contributed by atoms with Gasteiger partial charge in [0.1, 0.15) is 5.82 Å². The van der Waals surface area contributed by atoms with E-state index in [1.807, 2.05) is 13.1 Å². The SMILES string of the molecule is CNCC(CCS(=O)(=O)C(C)(C)C)c1cccc(F)c1. The van der Waals surface area contributed by atoms with Crippen LogP contribution in [0, 0.1) is 5.82 Å². The normalized spacial score (nSPS) is 14.2. The maximum atomic E-state index is 13.3. The van der Waals surface area contributed by atoms with Crippen LogP contribution in [0.15, 0.2) is 24.3 Å². The van der Waals surface area contributed by atoms with Gasteiger partial charge >= 0.3 is 0 Å². The molecule has 0 fully saturated rings. The Bertz CT molecular complexity index is 535. The zero-order valence-corrected chi connectivity index (χ0v) is 13.4. The summed E-state index contributed by atoms with van der Waals surface area (Å²) in [5, 5.41) is 3.04. The summed E-state index contributed by atoms with van der Waals surface area (Å²) in [6, 6.07) is 6.37. The molecule has 0 aromatic heterocycles. The molecule has 3 nitrogen and oxygen atoms in total. The van der Waals surface area contributed by atoms with E-state index in [-0.39, 0.29) is 17.5 Å². The van der Waals surface area contributed by atoms with Crippen molar-refractivity contribution in [2.24, 2.45) is 0 Å². The maximum Gasteiger partial charge on any atom is 0.155 e. The second-order valence-electron chi connectivity index (χ2n) is 6.03. The second kappa shape index (κ2) is 6.68. The third-order valence-corrected chi connectivity index (χ3v) is 6.08. The molecule has 0 heterocycles. The van der Waals surface area contributed by atoms with Crippen molar-refractivity contribution < 1.29 is 12.8 Å². The Labute approximate surface area is 121 Å². The van der Waals surface area contributed by atoms with Crippen LogP contribution in [0.4, 0.5) is 4.39 Å². The number of rotatable bonds is 6. The molecule has 0 spiro atoms. The van der Waals surface area contributed by atoms with E-state index in [1.165, 1.54) is 12.1 Å². The van der Waals surface area contributed by atoms with Crippen molar-refractivity contribution in [1.29, 1.82) is 0 Å². The topological polar surface area (TPSA) is 46.2 Å². The van der Waals surface area contributed by atoms with Crippen molar-refractivity contribution in [2.45, 2.75) is 37.9 Å². The first-order valence-electron chi connectivity index (χ1n) is 6.80. The lowest BCUT2D eigenvalue weighted by Gasteiger charge is -2.22. The summed E-state index contributed by atoms with van der Waals surface area (Å²) in [5.41, 5.74) is 0.837. The minimum absolute atomic E-state index is 0.00664. The third kappa shape index (κ3) is 4.56.